The number of nitrogens with one attached hydrogen (secondary N) is 1. The lowest BCUT2D eigenvalue weighted by molar-refractivity contribution is -0.857. The molecule has 0 fully saturated rings. The number of aliphatic hydroxyl groups is 1. The van der Waals surface area contributed by atoms with Crippen LogP contribution < -0.4 is 4.90 Å². The maximum atomic E-state index is 11.1. The molecule has 21 heavy (non-hydrogen) atoms. The van der Waals surface area contributed by atoms with E-state index < -0.39 is 5.60 Å². The molecule has 0 amide bonds. The lowest BCUT2D eigenvalue weighted by Crippen LogP contribution is -3.05. The first-order valence-electron chi connectivity index (χ1n) is 7.25. The van der Waals surface area contributed by atoms with Gasteiger partial charge in [-0.25, -0.2) is 0 Å². The van der Waals surface area contributed by atoms with E-state index in [2.05, 4.69) is 25.9 Å². The molecule has 2 nitrogen and oxygen atoms in total. The molecule has 0 aliphatic heterocycles. The molecule has 0 radical (unpaired) electrons. The van der Waals surface area contributed by atoms with Gasteiger partial charge in [0.05, 0.1) is 27.1 Å². The van der Waals surface area contributed by atoms with E-state index in [-0.39, 0.29) is 0 Å². The maximum absolute atomic E-state index is 11.1. The predicted molar refractivity (Wildman–Crippen MR) is 86.0 cm³/mol. The summed E-state index contributed by atoms with van der Waals surface area (Å²) in [4.78, 5) is 1.35. The van der Waals surface area contributed by atoms with Crippen LogP contribution in [0.2, 0.25) is 0 Å². The topological polar surface area (TPSA) is 24.7 Å². The molecule has 0 aliphatic rings. The van der Waals surface area contributed by atoms with Crippen LogP contribution in [0.15, 0.2) is 60.7 Å². The van der Waals surface area contributed by atoms with Crippen LogP contribution in [0.3, 0.4) is 0 Å². The van der Waals surface area contributed by atoms with Crippen LogP contribution in [0.25, 0.3) is 0 Å². The van der Waals surface area contributed by atoms with Crippen molar-refractivity contribution in [2.24, 2.45) is 0 Å². The SMILES string of the molecule is C[NH+](C)CCC#CC(O)(c1ccccc1)c1ccccc1. The minimum atomic E-state index is -1.25. The number of hydrogen-bond donors (Lipinski definition) is 2. The molecule has 0 aromatic heterocycles. The highest BCUT2D eigenvalue weighted by molar-refractivity contribution is 5.44. The third-order valence-corrected chi connectivity index (χ3v) is 3.40. The molecule has 0 bridgehead atoms. The first-order valence-corrected chi connectivity index (χ1v) is 7.25. The van der Waals surface area contributed by atoms with Gasteiger partial charge in [0, 0.05) is 11.1 Å². The van der Waals surface area contributed by atoms with Crippen LogP contribution >= 0.6 is 0 Å². The molecule has 108 valence electrons. The van der Waals surface area contributed by atoms with Crippen LogP contribution in [0.5, 0.6) is 0 Å². The monoisotopic (exact) mass is 280 g/mol. The molecule has 0 atom stereocenters. The van der Waals surface area contributed by atoms with Crippen molar-refractivity contribution < 1.29 is 10.0 Å². The van der Waals surface area contributed by atoms with Crippen LogP contribution in [0, 0.1) is 11.8 Å². The summed E-state index contributed by atoms with van der Waals surface area (Å²) < 4.78 is 0. The Labute approximate surface area is 127 Å². The summed E-state index contributed by atoms with van der Waals surface area (Å²) in [6, 6.07) is 19.2. The Morgan fingerprint density at radius 3 is 1.81 bits per heavy atom. The van der Waals surface area contributed by atoms with Gasteiger partial charge in [0.15, 0.2) is 5.60 Å². The Bertz CT molecular complexity index is 569. The second-order valence-corrected chi connectivity index (χ2v) is 5.45. The molecule has 0 heterocycles. The van der Waals surface area contributed by atoms with Gasteiger partial charge in [-0.3, -0.25) is 0 Å². The first-order chi connectivity index (χ1) is 10.1. The summed E-state index contributed by atoms with van der Waals surface area (Å²) in [6.07, 6.45) is 0.768. The van der Waals surface area contributed by atoms with Gasteiger partial charge < -0.3 is 10.0 Å². The number of hydrogen-bond acceptors (Lipinski definition) is 1. The van der Waals surface area contributed by atoms with Crippen LogP contribution in [0.4, 0.5) is 0 Å². The molecule has 2 N–H and O–H groups in total. The lowest BCUT2D eigenvalue weighted by Gasteiger charge is -2.23. The first kappa shape index (κ1) is 15.3. The molecule has 2 heteroatoms. The Hall–Kier alpha value is -2.08. The highest BCUT2D eigenvalue weighted by Crippen LogP contribution is 2.28. The van der Waals surface area contributed by atoms with Gasteiger partial charge in [-0.1, -0.05) is 72.5 Å². The van der Waals surface area contributed by atoms with E-state index in [4.69, 9.17) is 0 Å². The minimum Gasteiger partial charge on any atom is -0.369 e. The molecular weight excluding hydrogens is 258 g/mol. The fraction of sp³-hybridized carbons (Fsp3) is 0.263. The van der Waals surface area contributed by atoms with Crippen molar-refractivity contribution in [3.05, 3.63) is 71.8 Å². The van der Waals surface area contributed by atoms with Crippen LogP contribution in [0.1, 0.15) is 17.5 Å². The second kappa shape index (κ2) is 7.08. The van der Waals surface area contributed by atoms with Crippen LogP contribution in [-0.4, -0.2) is 25.7 Å². The molecule has 0 unspecified atom stereocenters. The van der Waals surface area contributed by atoms with E-state index in [1.807, 2.05) is 60.7 Å². The summed E-state index contributed by atoms with van der Waals surface area (Å²) in [5.41, 5.74) is 0.367. The maximum Gasteiger partial charge on any atom is 0.176 e. The fourth-order valence-corrected chi connectivity index (χ4v) is 2.17. The van der Waals surface area contributed by atoms with Crippen molar-refractivity contribution in [3.8, 4) is 11.8 Å². The summed E-state index contributed by atoms with van der Waals surface area (Å²) >= 11 is 0. The van der Waals surface area contributed by atoms with Gasteiger partial charge in [-0.05, 0) is 0 Å². The number of benzene rings is 2. The molecular formula is C19H22NO+. The van der Waals surface area contributed by atoms with E-state index in [1.54, 1.807) is 0 Å². The summed E-state index contributed by atoms with van der Waals surface area (Å²) in [6.45, 7) is 0.965. The fourth-order valence-electron chi connectivity index (χ4n) is 2.17. The Morgan fingerprint density at radius 2 is 1.38 bits per heavy atom. The van der Waals surface area contributed by atoms with E-state index in [1.165, 1.54) is 4.90 Å². The van der Waals surface area contributed by atoms with Crippen molar-refractivity contribution in [1.82, 2.24) is 0 Å². The number of quaternary nitrogens is 1. The van der Waals surface area contributed by atoms with Gasteiger partial charge in [0.1, 0.15) is 0 Å². The minimum absolute atomic E-state index is 0.768. The second-order valence-electron chi connectivity index (χ2n) is 5.45. The Kier molecular flexibility index (Phi) is 5.16. The molecule has 2 aromatic carbocycles. The van der Waals surface area contributed by atoms with E-state index in [9.17, 15) is 5.11 Å². The molecule has 2 aromatic rings. The van der Waals surface area contributed by atoms with Gasteiger partial charge in [-0.15, -0.1) is 0 Å². The summed E-state index contributed by atoms with van der Waals surface area (Å²) in [5, 5.41) is 11.1. The van der Waals surface area contributed by atoms with Crippen molar-refractivity contribution in [2.75, 3.05) is 20.6 Å². The van der Waals surface area contributed by atoms with Gasteiger partial charge >= 0.3 is 0 Å². The largest absolute Gasteiger partial charge is 0.369 e. The smallest absolute Gasteiger partial charge is 0.176 e. The quantitative estimate of drug-likeness (QED) is 0.814. The molecule has 0 aliphatic carbocycles. The average Bonchev–Trinajstić information content (AvgIpc) is 2.53. The third kappa shape index (κ3) is 3.95. The normalized spacial score (nSPS) is 11.0. The molecule has 0 saturated heterocycles. The highest BCUT2D eigenvalue weighted by atomic mass is 16.3. The molecule has 0 spiro atoms. The van der Waals surface area contributed by atoms with Crippen molar-refractivity contribution in [2.45, 2.75) is 12.0 Å². The standard InChI is InChI=1S/C19H21NO/c1-20(2)16-10-9-15-19(21,17-11-5-3-6-12-17)18-13-7-4-8-14-18/h3-8,11-14,21H,10,16H2,1-2H3/p+1. The summed E-state index contributed by atoms with van der Waals surface area (Å²) in [7, 11) is 4.20. The van der Waals surface area contributed by atoms with Crippen molar-refractivity contribution in [3.63, 3.8) is 0 Å². The highest BCUT2D eigenvalue weighted by Gasteiger charge is 2.28. The zero-order chi connectivity index (χ0) is 15.1. The molecule has 2 rings (SSSR count). The summed E-state index contributed by atoms with van der Waals surface area (Å²) in [5.74, 6) is 6.21. The van der Waals surface area contributed by atoms with E-state index in [0.717, 1.165) is 24.1 Å². The third-order valence-electron chi connectivity index (χ3n) is 3.40. The van der Waals surface area contributed by atoms with Gasteiger partial charge in [0.25, 0.3) is 0 Å². The predicted octanol–water partition coefficient (Wildman–Crippen LogP) is 1.46. The van der Waals surface area contributed by atoms with Crippen molar-refractivity contribution >= 4 is 0 Å². The number of rotatable bonds is 4. The Morgan fingerprint density at radius 1 is 0.905 bits per heavy atom. The zero-order valence-corrected chi connectivity index (χ0v) is 12.6. The van der Waals surface area contributed by atoms with E-state index >= 15 is 0 Å². The van der Waals surface area contributed by atoms with Gasteiger partial charge in [0.2, 0.25) is 0 Å². The lowest BCUT2D eigenvalue weighted by atomic mass is 9.87. The van der Waals surface area contributed by atoms with Crippen molar-refractivity contribution in [1.29, 1.82) is 0 Å². The molecule has 0 saturated carbocycles. The Balaban J connectivity index is 2.36. The van der Waals surface area contributed by atoms with E-state index in [0.29, 0.717) is 0 Å². The van der Waals surface area contributed by atoms with Crippen LogP contribution in [-0.2, 0) is 5.60 Å². The zero-order valence-electron chi connectivity index (χ0n) is 12.6. The average molecular weight is 280 g/mol. The van der Waals surface area contributed by atoms with Gasteiger partial charge in [-0.2, -0.15) is 0 Å².